The van der Waals surface area contributed by atoms with Gasteiger partial charge in [-0.05, 0) is 47.7 Å². The summed E-state index contributed by atoms with van der Waals surface area (Å²) in [5.74, 6) is 1.04. The SMILES string of the molecule is c1cc(CNCCCC2CCCCC2)cs1. The summed E-state index contributed by atoms with van der Waals surface area (Å²) in [5, 5.41) is 7.92. The fourth-order valence-corrected chi connectivity index (χ4v) is 3.29. The van der Waals surface area contributed by atoms with Crippen LogP contribution in [0.3, 0.4) is 0 Å². The lowest BCUT2D eigenvalue weighted by molar-refractivity contribution is 0.330. The first-order valence-corrected chi connectivity index (χ1v) is 7.61. The van der Waals surface area contributed by atoms with Crippen LogP contribution in [0.25, 0.3) is 0 Å². The summed E-state index contributed by atoms with van der Waals surface area (Å²) < 4.78 is 0. The molecule has 0 bridgehead atoms. The number of hydrogen-bond donors (Lipinski definition) is 1. The molecule has 1 nitrogen and oxygen atoms in total. The minimum absolute atomic E-state index is 1.04. The van der Waals surface area contributed by atoms with Gasteiger partial charge in [-0.25, -0.2) is 0 Å². The molecular formula is C14H23NS. The highest BCUT2D eigenvalue weighted by Gasteiger charge is 2.12. The molecule has 0 aliphatic heterocycles. The predicted octanol–water partition coefficient (Wildman–Crippen LogP) is 4.20. The first kappa shape index (κ1) is 12.1. The highest BCUT2D eigenvalue weighted by molar-refractivity contribution is 7.07. The third-order valence-corrected chi connectivity index (χ3v) is 4.33. The van der Waals surface area contributed by atoms with Gasteiger partial charge in [-0.2, -0.15) is 11.3 Å². The molecule has 0 aromatic carbocycles. The second kappa shape index (κ2) is 7.08. The average Bonchev–Trinajstić information content (AvgIpc) is 2.83. The maximum Gasteiger partial charge on any atom is 0.0213 e. The van der Waals surface area contributed by atoms with Gasteiger partial charge in [0.25, 0.3) is 0 Å². The highest BCUT2D eigenvalue weighted by Crippen LogP contribution is 2.26. The summed E-state index contributed by atoms with van der Waals surface area (Å²) in [4.78, 5) is 0. The van der Waals surface area contributed by atoms with E-state index < -0.39 is 0 Å². The predicted molar refractivity (Wildman–Crippen MR) is 71.8 cm³/mol. The van der Waals surface area contributed by atoms with E-state index in [0.29, 0.717) is 0 Å². The first-order chi connectivity index (χ1) is 7.95. The molecule has 0 radical (unpaired) electrons. The molecule has 0 spiro atoms. The molecule has 0 unspecified atom stereocenters. The summed E-state index contributed by atoms with van der Waals surface area (Å²) >= 11 is 1.79. The molecule has 2 heteroatoms. The standard InChI is InChI=1S/C14H23NS/c1-2-5-13(6-3-1)7-4-9-15-11-14-8-10-16-12-14/h8,10,12-13,15H,1-7,9,11H2. The fraction of sp³-hybridized carbons (Fsp3) is 0.714. The maximum atomic E-state index is 3.53. The maximum absolute atomic E-state index is 3.53. The van der Waals surface area contributed by atoms with E-state index in [-0.39, 0.29) is 0 Å². The number of thiophene rings is 1. The molecule has 1 heterocycles. The molecule has 0 atom stereocenters. The van der Waals surface area contributed by atoms with Gasteiger partial charge < -0.3 is 5.32 Å². The normalized spacial score (nSPS) is 17.8. The number of hydrogen-bond acceptors (Lipinski definition) is 2. The van der Waals surface area contributed by atoms with E-state index in [1.54, 1.807) is 11.3 Å². The molecule has 1 N–H and O–H groups in total. The Morgan fingerprint density at radius 2 is 2.12 bits per heavy atom. The Labute approximate surface area is 103 Å². The largest absolute Gasteiger partial charge is 0.313 e. The average molecular weight is 237 g/mol. The van der Waals surface area contributed by atoms with Gasteiger partial charge in [-0.3, -0.25) is 0 Å². The van der Waals surface area contributed by atoms with E-state index in [4.69, 9.17) is 0 Å². The van der Waals surface area contributed by atoms with Gasteiger partial charge in [0.15, 0.2) is 0 Å². The lowest BCUT2D eigenvalue weighted by Gasteiger charge is -2.21. The first-order valence-electron chi connectivity index (χ1n) is 6.67. The lowest BCUT2D eigenvalue weighted by atomic mass is 9.86. The van der Waals surface area contributed by atoms with Crippen LogP contribution in [0, 0.1) is 5.92 Å². The van der Waals surface area contributed by atoms with Crippen LogP contribution >= 0.6 is 11.3 Å². The third-order valence-electron chi connectivity index (χ3n) is 3.60. The molecule has 1 aromatic heterocycles. The van der Waals surface area contributed by atoms with Crippen LogP contribution in [-0.2, 0) is 6.54 Å². The second-order valence-corrected chi connectivity index (χ2v) is 5.73. The zero-order valence-electron chi connectivity index (χ0n) is 10.1. The van der Waals surface area contributed by atoms with E-state index in [2.05, 4.69) is 22.1 Å². The number of nitrogens with one attached hydrogen (secondary N) is 1. The van der Waals surface area contributed by atoms with Crippen LogP contribution in [0.4, 0.5) is 0 Å². The zero-order chi connectivity index (χ0) is 11.1. The Balaban J connectivity index is 1.48. The lowest BCUT2D eigenvalue weighted by Crippen LogP contribution is -2.16. The van der Waals surface area contributed by atoms with Crippen molar-refractivity contribution < 1.29 is 0 Å². The van der Waals surface area contributed by atoms with Crippen LogP contribution < -0.4 is 5.32 Å². The minimum Gasteiger partial charge on any atom is -0.313 e. The van der Waals surface area contributed by atoms with Crippen molar-refractivity contribution in [3.8, 4) is 0 Å². The Morgan fingerprint density at radius 3 is 2.88 bits per heavy atom. The topological polar surface area (TPSA) is 12.0 Å². The summed E-state index contributed by atoms with van der Waals surface area (Å²) in [6, 6.07) is 2.21. The van der Waals surface area contributed by atoms with E-state index in [1.165, 1.54) is 57.1 Å². The van der Waals surface area contributed by atoms with Crippen molar-refractivity contribution in [2.75, 3.05) is 6.54 Å². The molecule has 1 aliphatic carbocycles. The molecule has 1 aromatic rings. The molecule has 1 fully saturated rings. The van der Waals surface area contributed by atoms with Crippen molar-refractivity contribution in [2.45, 2.75) is 51.5 Å². The van der Waals surface area contributed by atoms with Crippen LogP contribution in [0.15, 0.2) is 16.8 Å². The van der Waals surface area contributed by atoms with Crippen molar-refractivity contribution in [2.24, 2.45) is 5.92 Å². The van der Waals surface area contributed by atoms with Crippen LogP contribution in [0.2, 0.25) is 0 Å². The van der Waals surface area contributed by atoms with E-state index >= 15 is 0 Å². The molecule has 1 saturated carbocycles. The van der Waals surface area contributed by atoms with Crippen LogP contribution in [0.1, 0.15) is 50.5 Å². The van der Waals surface area contributed by atoms with Gasteiger partial charge in [0, 0.05) is 6.54 Å². The van der Waals surface area contributed by atoms with E-state index in [1.807, 2.05) is 0 Å². The second-order valence-electron chi connectivity index (χ2n) is 4.95. The summed E-state index contributed by atoms with van der Waals surface area (Å²) in [7, 11) is 0. The van der Waals surface area contributed by atoms with Crippen LogP contribution in [0.5, 0.6) is 0 Å². The molecule has 90 valence electrons. The van der Waals surface area contributed by atoms with Gasteiger partial charge in [0.1, 0.15) is 0 Å². The zero-order valence-corrected chi connectivity index (χ0v) is 10.9. The smallest absolute Gasteiger partial charge is 0.0213 e. The Hall–Kier alpha value is -0.340. The summed E-state index contributed by atoms with van der Waals surface area (Å²) in [6.45, 7) is 2.24. The Bertz CT molecular complexity index is 262. The van der Waals surface area contributed by atoms with Crippen molar-refractivity contribution in [3.05, 3.63) is 22.4 Å². The quantitative estimate of drug-likeness (QED) is 0.731. The van der Waals surface area contributed by atoms with Crippen molar-refractivity contribution >= 4 is 11.3 Å². The van der Waals surface area contributed by atoms with Gasteiger partial charge in [0.2, 0.25) is 0 Å². The number of rotatable bonds is 6. The van der Waals surface area contributed by atoms with Gasteiger partial charge in [-0.15, -0.1) is 0 Å². The highest BCUT2D eigenvalue weighted by atomic mass is 32.1. The van der Waals surface area contributed by atoms with Gasteiger partial charge in [0.05, 0.1) is 0 Å². The fourth-order valence-electron chi connectivity index (χ4n) is 2.62. The molecular weight excluding hydrogens is 214 g/mol. The van der Waals surface area contributed by atoms with Gasteiger partial charge >= 0.3 is 0 Å². The Morgan fingerprint density at radius 1 is 1.25 bits per heavy atom. The minimum atomic E-state index is 1.04. The van der Waals surface area contributed by atoms with Crippen molar-refractivity contribution in [1.29, 1.82) is 0 Å². The summed E-state index contributed by atoms with van der Waals surface area (Å²) in [5.41, 5.74) is 1.43. The Kier molecular flexibility index (Phi) is 5.36. The molecule has 1 aliphatic rings. The molecule has 2 rings (SSSR count). The van der Waals surface area contributed by atoms with Crippen molar-refractivity contribution in [3.63, 3.8) is 0 Å². The molecule has 0 saturated heterocycles. The van der Waals surface area contributed by atoms with Crippen molar-refractivity contribution in [1.82, 2.24) is 5.32 Å². The molecule has 16 heavy (non-hydrogen) atoms. The van der Waals surface area contributed by atoms with Gasteiger partial charge in [-0.1, -0.05) is 32.1 Å². The monoisotopic (exact) mass is 237 g/mol. The van der Waals surface area contributed by atoms with Crippen LogP contribution in [-0.4, -0.2) is 6.54 Å². The summed E-state index contributed by atoms with van der Waals surface area (Å²) in [6.07, 6.45) is 10.2. The third kappa shape index (κ3) is 4.26. The van der Waals surface area contributed by atoms with E-state index in [9.17, 15) is 0 Å². The molecule has 0 amide bonds. The van der Waals surface area contributed by atoms with E-state index in [0.717, 1.165) is 12.5 Å².